The first-order valence-corrected chi connectivity index (χ1v) is 6.51. The van der Waals surface area contributed by atoms with Crippen LogP contribution in [0.3, 0.4) is 0 Å². The third kappa shape index (κ3) is 2.39. The van der Waals surface area contributed by atoms with Crippen LogP contribution in [0.1, 0.15) is 36.6 Å². The van der Waals surface area contributed by atoms with E-state index >= 15 is 0 Å². The SMILES string of the molecule is Cc1c(CS)cnn1-c1ccc(C(C)C)cc1. The lowest BCUT2D eigenvalue weighted by molar-refractivity contribution is 0.835. The standard InChI is InChI=1S/C14H18N2S/c1-10(2)12-4-6-14(7-5-12)16-11(3)13(9-17)8-15-16/h4-8,10,17H,9H2,1-3H3. The van der Waals surface area contributed by atoms with Crippen LogP contribution in [0, 0.1) is 6.92 Å². The molecule has 0 aliphatic heterocycles. The Bertz CT molecular complexity index is 497. The highest BCUT2D eigenvalue weighted by molar-refractivity contribution is 7.79. The largest absolute Gasteiger partial charge is 0.238 e. The first kappa shape index (κ1) is 12.2. The molecule has 2 nitrogen and oxygen atoms in total. The summed E-state index contributed by atoms with van der Waals surface area (Å²) >= 11 is 4.30. The highest BCUT2D eigenvalue weighted by Crippen LogP contribution is 2.19. The smallest absolute Gasteiger partial charge is 0.0648 e. The monoisotopic (exact) mass is 246 g/mol. The van der Waals surface area contributed by atoms with Gasteiger partial charge in [-0.2, -0.15) is 17.7 Å². The molecule has 0 unspecified atom stereocenters. The average Bonchev–Trinajstić information content (AvgIpc) is 2.70. The van der Waals surface area contributed by atoms with Gasteiger partial charge in [0, 0.05) is 17.0 Å². The van der Waals surface area contributed by atoms with Crippen molar-refractivity contribution in [1.82, 2.24) is 9.78 Å². The summed E-state index contributed by atoms with van der Waals surface area (Å²) in [6, 6.07) is 8.58. The number of rotatable bonds is 3. The van der Waals surface area contributed by atoms with Gasteiger partial charge < -0.3 is 0 Å². The van der Waals surface area contributed by atoms with Crippen molar-refractivity contribution in [2.45, 2.75) is 32.4 Å². The van der Waals surface area contributed by atoms with Crippen LogP contribution in [0.2, 0.25) is 0 Å². The van der Waals surface area contributed by atoms with Crippen molar-refractivity contribution < 1.29 is 0 Å². The van der Waals surface area contributed by atoms with Crippen LogP contribution in [0.4, 0.5) is 0 Å². The van der Waals surface area contributed by atoms with Gasteiger partial charge in [-0.05, 0) is 30.5 Å². The van der Waals surface area contributed by atoms with E-state index < -0.39 is 0 Å². The van der Waals surface area contributed by atoms with Crippen LogP contribution in [-0.4, -0.2) is 9.78 Å². The lowest BCUT2D eigenvalue weighted by atomic mass is 10.0. The van der Waals surface area contributed by atoms with E-state index in [0.29, 0.717) is 5.92 Å². The quantitative estimate of drug-likeness (QED) is 0.817. The Hall–Kier alpha value is -1.22. The fraction of sp³-hybridized carbons (Fsp3) is 0.357. The van der Waals surface area contributed by atoms with E-state index in [4.69, 9.17) is 0 Å². The molecule has 0 bridgehead atoms. The summed E-state index contributed by atoms with van der Waals surface area (Å²) < 4.78 is 1.97. The zero-order valence-corrected chi connectivity index (χ0v) is 11.4. The van der Waals surface area contributed by atoms with Crippen molar-refractivity contribution >= 4 is 12.6 Å². The van der Waals surface area contributed by atoms with Gasteiger partial charge in [-0.3, -0.25) is 0 Å². The van der Waals surface area contributed by atoms with E-state index in [1.807, 2.05) is 10.9 Å². The van der Waals surface area contributed by atoms with E-state index in [1.165, 1.54) is 11.1 Å². The fourth-order valence-electron chi connectivity index (χ4n) is 1.86. The minimum Gasteiger partial charge on any atom is -0.238 e. The third-order valence-electron chi connectivity index (χ3n) is 3.09. The number of hydrogen-bond acceptors (Lipinski definition) is 2. The van der Waals surface area contributed by atoms with E-state index in [0.717, 1.165) is 17.1 Å². The van der Waals surface area contributed by atoms with E-state index in [1.54, 1.807) is 0 Å². The number of nitrogens with zero attached hydrogens (tertiary/aromatic N) is 2. The molecule has 0 N–H and O–H groups in total. The Morgan fingerprint density at radius 1 is 1.24 bits per heavy atom. The summed E-state index contributed by atoms with van der Waals surface area (Å²) in [4.78, 5) is 0. The second-order valence-electron chi connectivity index (χ2n) is 4.57. The van der Waals surface area contributed by atoms with Gasteiger partial charge in [-0.25, -0.2) is 4.68 Å². The summed E-state index contributed by atoms with van der Waals surface area (Å²) in [5, 5.41) is 4.40. The molecule has 0 saturated heterocycles. The molecular formula is C14H18N2S. The Morgan fingerprint density at radius 3 is 2.35 bits per heavy atom. The van der Waals surface area contributed by atoms with Crippen molar-refractivity contribution in [3.05, 3.63) is 47.3 Å². The molecule has 1 aromatic carbocycles. The van der Waals surface area contributed by atoms with Gasteiger partial charge >= 0.3 is 0 Å². The van der Waals surface area contributed by atoms with Crippen LogP contribution in [0.5, 0.6) is 0 Å². The molecule has 0 fully saturated rings. The fourth-order valence-corrected chi connectivity index (χ4v) is 2.17. The molecule has 17 heavy (non-hydrogen) atoms. The Labute approximate surface area is 108 Å². The molecule has 0 aliphatic rings. The zero-order chi connectivity index (χ0) is 12.4. The maximum absolute atomic E-state index is 4.40. The predicted molar refractivity (Wildman–Crippen MR) is 75.1 cm³/mol. The van der Waals surface area contributed by atoms with Gasteiger partial charge in [0.1, 0.15) is 0 Å². The third-order valence-corrected chi connectivity index (χ3v) is 3.43. The van der Waals surface area contributed by atoms with Crippen LogP contribution in [0.15, 0.2) is 30.5 Å². The summed E-state index contributed by atoms with van der Waals surface area (Å²) in [6.07, 6.45) is 1.89. The second-order valence-corrected chi connectivity index (χ2v) is 4.89. The van der Waals surface area contributed by atoms with Crippen molar-refractivity contribution in [2.24, 2.45) is 0 Å². The minimum atomic E-state index is 0.566. The number of hydrogen-bond donors (Lipinski definition) is 1. The van der Waals surface area contributed by atoms with Crippen molar-refractivity contribution in [3.8, 4) is 5.69 Å². The van der Waals surface area contributed by atoms with E-state index in [2.05, 4.69) is 62.8 Å². The number of thiol groups is 1. The molecule has 90 valence electrons. The molecule has 0 saturated carbocycles. The molecule has 2 aromatic rings. The molecular weight excluding hydrogens is 228 g/mol. The molecule has 1 heterocycles. The molecule has 0 radical (unpaired) electrons. The molecule has 1 aromatic heterocycles. The minimum absolute atomic E-state index is 0.566. The first-order valence-electron chi connectivity index (χ1n) is 5.88. The van der Waals surface area contributed by atoms with E-state index in [-0.39, 0.29) is 0 Å². The molecule has 3 heteroatoms. The molecule has 0 amide bonds. The van der Waals surface area contributed by atoms with E-state index in [9.17, 15) is 0 Å². The van der Waals surface area contributed by atoms with Crippen molar-refractivity contribution in [1.29, 1.82) is 0 Å². The molecule has 0 aliphatic carbocycles. The number of aromatic nitrogens is 2. The zero-order valence-electron chi connectivity index (χ0n) is 10.5. The first-order chi connectivity index (χ1) is 8.13. The predicted octanol–water partition coefficient (Wildman–Crippen LogP) is 3.73. The van der Waals surface area contributed by atoms with Crippen LogP contribution in [0.25, 0.3) is 5.69 Å². The van der Waals surface area contributed by atoms with Gasteiger partial charge in [-0.1, -0.05) is 26.0 Å². The average molecular weight is 246 g/mol. The van der Waals surface area contributed by atoms with Gasteiger partial charge in [0.05, 0.1) is 11.9 Å². The summed E-state index contributed by atoms with van der Waals surface area (Å²) in [7, 11) is 0. The highest BCUT2D eigenvalue weighted by atomic mass is 32.1. The van der Waals surface area contributed by atoms with Crippen LogP contribution < -0.4 is 0 Å². The van der Waals surface area contributed by atoms with Gasteiger partial charge in [0.2, 0.25) is 0 Å². The lowest BCUT2D eigenvalue weighted by Gasteiger charge is -2.08. The number of benzene rings is 1. The van der Waals surface area contributed by atoms with Gasteiger partial charge in [-0.15, -0.1) is 0 Å². The Balaban J connectivity index is 2.36. The highest BCUT2D eigenvalue weighted by Gasteiger charge is 2.07. The van der Waals surface area contributed by atoms with Gasteiger partial charge in [0.15, 0.2) is 0 Å². The molecule has 0 atom stereocenters. The van der Waals surface area contributed by atoms with Crippen molar-refractivity contribution in [2.75, 3.05) is 0 Å². The Morgan fingerprint density at radius 2 is 1.88 bits per heavy atom. The van der Waals surface area contributed by atoms with Crippen molar-refractivity contribution in [3.63, 3.8) is 0 Å². The maximum Gasteiger partial charge on any atom is 0.0648 e. The molecule has 0 spiro atoms. The molecule has 2 rings (SSSR count). The van der Waals surface area contributed by atoms with Crippen LogP contribution in [-0.2, 0) is 5.75 Å². The Kier molecular flexibility index (Phi) is 3.57. The second kappa shape index (κ2) is 4.96. The summed E-state index contributed by atoms with van der Waals surface area (Å²) in [5.74, 6) is 1.30. The van der Waals surface area contributed by atoms with Crippen LogP contribution >= 0.6 is 12.6 Å². The summed E-state index contributed by atoms with van der Waals surface area (Å²) in [5.41, 5.74) is 4.81. The summed E-state index contributed by atoms with van der Waals surface area (Å²) in [6.45, 7) is 6.48. The normalized spacial score (nSPS) is 11.1. The maximum atomic E-state index is 4.40. The lowest BCUT2D eigenvalue weighted by Crippen LogP contribution is -1.99. The van der Waals surface area contributed by atoms with Gasteiger partial charge in [0.25, 0.3) is 0 Å². The topological polar surface area (TPSA) is 17.8 Å².